The summed E-state index contributed by atoms with van der Waals surface area (Å²) in [5.41, 5.74) is 4.75. The number of alkyl halides is 3. The predicted molar refractivity (Wildman–Crippen MR) is 75.5 cm³/mol. The summed E-state index contributed by atoms with van der Waals surface area (Å²) in [5.74, 6) is -0.953. The Balaban J connectivity index is 2.53. The van der Waals surface area contributed by atoms with Crippen molar-refractivity contribution in [2.24, 2.45) is 17.6 Å². The molecule has 0 fully saturated rings. The van der Waals surface area contributed by atoms with Crippen molar-refractivity contribution in [2.75, 3.05) is 13.2 Å². The molecule has 0 heterocycles. The molecule has 1 rings (SSSR count). The van der Waals surface area contributed by atoms with Crippen LogP contribution in [0.2, 0.25) is 0 Å². The van der Waals surface area contributed by atoms with Crippen LogP contribution in [-0.2, 0) is 11.0 Å². The summed E-state index contributed by atoms with van der Waals surface area (Å²) in [6, 6.07) is 4.67. The molecule has 1 aromatic carbocycles. The molecule has 2 atom stereocenters. The topological polar surface area (TPSA) is 72.5 Å². The molecule has 0 aromatic heterocycles. The van der Waals surface area contributed by atoms with Gasteiger partial charge in [-0.3, -0.25) is 4.79 Å². The molecule has 0 aliphatic rings. The van der Waals surface area contributed by atoms with Gasteiger partial charge in [0.1, 0.15) is 5.75 Å². The maximum absolute atomic E-state index is 12.6. The lowest BCUT2D eigenvalue weighted by molar-refractivity contribution is -0.138. The summed E-state index contributed by atoms with van der Waals surface area (Å²) in [4.78, 5) is 10.7. The molecule has 22 heavy (non-hydrogen) atoms. The Hall–Kier alpha value is -1.76. The summed E-state index contributed by atoms with van der Waals surface area (Å²) < 4.78 is 43.1. The van der Waals surface area contributed by atoms with E-state index in [2.05, 4.69) is 0 Å². The fraction of sp³-hybridized carbons (Fsp3) is 0.533. The number of nitrogens with two attached hydrogens (primary N) is 1. The third-order valence-electron chi connectivity index (χ3n) is 3.23. The molecule has 0 aliphatic heterocycles. The van der Waals surface area contributed by atoms with Crippen LogP contribution in [-0.4, -0.2) is 24.2 Å². The van der Waals surface area contributed by atoms with Gasteiger partial charge in [-0.05, 0) is 43.0 Å². The van der Waals surface area contributed by atoms with Crippen molar-refractivity contribution in [3.8, 4) is 5.75 Å². The number of carboxylic acids is 1. The standard InChI is InChI=1S/C15H20F3NO3/c1-10(5-11(8-19)6-14(20)21)9-22-13-4-2-3-12(7-13)15(16,17)18/h2-4,7,10-11H,5-6,8-9,19H2,1H3,(H,20,21)/t10-,11-/m0/s1. The van der Waals surface area contributed by atoms with Gasteiger partial charge in [-0.2, -0.15) is 13.2 Å². The molecule has 1 aromatic rings. The van der Waals surface area contributed by atoms with Crippen LogP contribution in [0.3, 0.4) is 0 Å². The molecule has 0 spiro atoms. The highest BCUT2D eigenvalue weighted by Gasteiger charge is 2.30. The number of carbonyl (C=O) groups is 1. The number of carboxylic acid groups (broad SMARTS) is 1. The largest absolute Gasteiger partial charge is 0.493 e. The molecule has 0 bridgehead atoms. The Morgan fingerprint density at radius 2 is 2.09 bits per heavy atom. The molecule has 3 N–H and O–H groups in total. The van der Waals surface area contributed by atoms with Crippen molar-refractivity contribution in [1.29, 1.82) is 0 Å². The SMILES string of the molecule is C[C@H](COc1cccc(C(F)(F)F)c1)C[C@H](CN)CC(=O)O. The molecule has 0 radical (unpaired) electrons. The zero-order chi connectivity index (χ0) is 16.8. The summed E-state index contributed by atoms with van der Waals surface area (Å²) in [7, 11) is 0. The van der Waals surface area contributed by atoms with Gasteiger partial charge < -0.3 is 15.6 Å². The predicted octanol–water partition coefficient (Wildman–Crippen LogP) is 3.16. The summed E-state index contributed by atoms with van der Waals surface area (Å²) >= 11 is 0. The smallest absolute Gasteiger partial charge is 0.416 e. The molecule has 124 valence electrons. The van der Waals surface area contributed by atoms with Crippen molar-refractivity contribution in [3.63, 3.8) is 0 Å². The van der Waals surface area contributed by atoms with Gasteiger partial charge in [0.05, 0.1) is 12.2 Å². The summed E-state index contributed by atoms with van der Waals surface area (Å²) in [5, 5.41) is 8.75. The van der Waals surface area contributed by atoms with Crippen LogP contribution < -0.4 is 10.5 Å². The normalized spacial score (nSPS) is 14.4. The highest BCUT2D eigenvalue weighted by atomic mass is 19.4. The minimum absolute atomic E-state index is 0.0116. The average Bonchev–Trinajstić information content (AvgIpc) is 2.43. The van der Waals surface area contributed by atoms with Gasteiger partial charge in [0.2, 0.25) is 0 Å². The van der Waals surface area contributed by atoms with Gasteiger partial charge in [0.15, 0.2) is 0 Å². The monoisotopic (exact) mass is 319 g/mol. The van der Waals surface area contributed by atoms with Crippen LogP contribution in [0.25, 0.3) is 0 Å². The molecule has 0 saturated carbocycles. The van der Waals surface area contributed by atoms with E-state index in [4.69, 9.17) is 15.6 Å². The first-order chi connectivity index (χ1) is 10.2. The third-order valence-corrected chi connectivity index (χ3v) is 3.23. The van der Waals surface area contributed by atoms with Crippen LogP contribution in [0.1, 0.15) is 25.3 Å². The second-order valence-corrected chi connectivity index (χ2v) is 5.38. The van der Waals surface area contributed by atoms with Gasteiger partial charge in [-0.25, -0.2) is 0 Å². The van der Waals surface area contributed by atoms with Crippen LogP contribution in [0, 0.1) is 11.8 Å². The number of benzene rings is 1. The van der Waals surface area contributed by atoms with Crippen LogP contribution in [0.5, 0.6) is 5.75 Å². The van der Waals surface area contributed by atoms with E-state index in [0.717, 1.165) is 12.1 Å². The van der Waals surface area contributed by atoms with E-state index in [0.29, 0.717) is 6.42 Å². The number of halogens is 3. The highest BCUT2D eigenvalue weighted by molar-refractivity contribution is 5.67. The van der Waals surface area contributed by atoms with Gasteiger partial charge >= 0.3 is 12.1 Å². The summed E-state index contributed by atoms with van der Waals surface area (Å²) in [6.45, 7) is 2.30. The van der Waals surface area contributed by atoms with Crippen molar-refractivity contribution >= 4 is 5.97 Å². The first-order valence-corrected chi connectivity index (χ1v) is 6.94. The Kier molecular flexibility index (Phi) is 6.67. The van der Waals surface area contributed by atoms with Crippen molar-refractivity contribution in [1.82, 2.24) is 0 Å². The minimum atomic E-state index is -4.41. The van der Waals surface area contributed by atoms with Crippen molar-refractivity contribution in [3.05, 3.63) is 29.8 Å². The van der Waals surface area contributed by atoms with Crippen molar-refractivity contribution in [2.45, 2.75) is 25.9 Å². The van der Waals surface area contributed by atoms with Crippen LogP contribution in [0.15, 0.2) is 24.3 Å². The second kappa shape index (κ2) is 8.03. The lowest BCUT2D eigenvalue weighted by Gasteiger charge is -2.19. The molecule has 4 nitrogen and oxygen atoms in total. The van der Waals surface area contributed by atoms with Gasteiger partial charge in [-0.15, -0.1) is 0 Å². The maximum Gasteiger partial charge on any atom is 0.416 e. The number of ether oxygens (including phenoxy) is 1. The molecular weight excluding hydrogens is 299 g/mol. The molecular formula is C15H20F3NO3. The number of aliphatic carboxylic acids is 1. The van der Waals surface area contributed by atoms with Crippen molar-refractivity contribution < 1.29 is 27.8 Å². The fourth-order valence-corrected chi connectivity index (χ4v) is 2.15. The molecule has 7 heteroatoms. The van der Waals surface area contributed by atoms with E-state index in [1.807, 2.05) is 6.92 Å². The second-order valence-electron chi connectivity index (χ2n) is 5.38. The van der Waals surface area contributed by atoms with E-state index >= 15 is 0 Å². The zero-order valence-corrected chi connectivity index (χ0v) is 12.3. The first kappa shape index (κ1) is 18.3. The third kappa shape index (κ3) is 6.34. The Bertz CT molecular complexity index is 491. The Morgan fingerprint density at radius 1 is 1.41 bits per heavy atom. The number of hydrogen-bond acceptors (Lipinski definition) is 3. The molecule has 0 amide bonds. The molecule has 0 saturated heterocycles. The van der Waals surface area contributed by atoms with E-state index in [9.17, 15) is 18.0 Å². The summed E-state index contributed by atoms with van der Waals surface area (Å²) in [6.07, 6.45) is -3.89. The van der Waals surface area contributed by atoms with E-state index in [1.165, 1.54) is 12.1 Å². The van der Waals surface area contributed by atoms with E-state index in [1.54, 1.807) is 0 Å². The molecule has 0 unspecified atom stereocenters. The lowest BCUT2D eigenvalue weighted by Crippen LogP contribution is -2.22. The lowest BCUT2D eigenvalue weighted by atomic mass is 9.93. The first-order valence-electron chi connectivity index (χ1n) is 6.94. The van der Waals surface area contributed by atoms with Crippen LogP contribution in [0.4, 0.5) is 13.2 Å². The van der Waals surface area contributed by atoms with Gasteiger partial charge in [0, 0.05) is 6.42 Å². The Morgan fingerprint density at radius 3 is 2.64 bits per heavy atom. The zero-order valence-electron chi connectivity index (χ0n) is 12.3. The fourth-order valence-electron chi connectivity index (χ4n) is 2.15. The van der Waals surface area contributed by atoms with Gasteiger partial charge in [-0.1, -0.05) is 13.0 Å². The number of rotatable bonds is 8. The van der Waals surface area contributed by atoms with Gasteiger partial charge in [0.25, 0.3) is 0 Å². The van der Waals surface area contributed by atoms with E-state index < -0.39 is 17.7 Å². The Labute approximate surface area is 127 Å². The average molecular weight is 319 g/mol. The number of hydrogen-bond donors (Lipinski definition) is 2. The van der Waals surface area contributed by atoms with Crippen LogP contribution >= 0.6 is 0 Å². The van der Waals surface area contributed by atoms with E-state index in [-0.39, 0.29) is 37.2 Å². The maximum atomic E-state index is 12.6. The molecule has 0 aliphatic carbocycles. The highest BCUT2D eigenvalue weighted by Crippen LogP contribution is 2.31. The quantitative estimate of drug-likeness (QED) is 0.772. The minimum Gasteiger partial charge on any atom is -0.493 e.